The normalized spacial score (nSPS) is 18.9. The van der Waals surface area contributed by atoms with E-state index in [1.807, 2.05) is 7.05 Å². The molecule has 0 spiro atoms. The van der Waals surface area contributed by atoms with Gasteiger partial charge in [0, 0.05) is 25.9 Å². The quantitative estimate of drug-likeness (QED) is 0.809. The zero-order chi connectivity index (χ0) is 18.8. The average Bonchev–Trinajstić information content (AvgIpc) is 2.89. The van der Waals surface area contributed by atoms with Crippen LogP contribution >= 0.6 is 0 Å². The van der Waals surface area contributed by atoms with Gasteiger partial charge < -0.3 is 19.7 Å². The van der Waals surface area contributed by atoms with Crippen LogP contribution in [-0.2, 0) is 18.4 Å². The lowest BCUT2D eigenvalue weighted by molar-refractivity contribution is -0.120. The zero-order valence-electron chi connectivity index (χ0n) is 14.4. The minimum absolute atomic E-state index is 0.00861. The number of carbonyl (C=O) groups excluding carboxylic acids is 1. The Bertz CT molecular complexity index is 845. The van der Waals surface area contributed by atoms with Gasteiger partial charge in [-0.3, -0.25) is 4.79 Å². The molecule has 1 heterocycles. The molecular weight excluding hydrogens is 343 g/mol. The minimum Gasteiger partial charge on any atom is -0.483 e. The van der Waals surface area contributed by atoms with Gasteiger partial charge in [-0.05, 0) is 31.0 Å². The van der Waals surface area contributed by atoms with Gasteiger partial charge in [-0.15, -0.1) is 10.2 Å². The van der Waals surface area contributed by atoms with Crippen molar-refractivity contribution >= 4 is 11.9 Å². The smallest absolute Gasteiger partial charge is 0.335 e. The summed E-state index contributed by atoms with van der Waals surface area (Å²) in [5, 5.41) is 20.0. The summed E-state index contributed by atoms with van der Waals surface area (Å²) < 4.78 is 21.1. The number of halogens is 1. The van der Waals surface area contributed by atoms with E-state index in [-0.39, 0.29) is 35.8 Å². The Balaban J connectivity index is 1.61. The number of nitrogens with zero attached hydrogens (tertiary/aromatic N) is 3. The molecule has 9 heteroatoms. The van der Waals surface area contributed by atoms with E-state index in [0.29, 0.717) is 5.82 Å². The van der Waals surface area contributed by atoms with Crippen LogP contribution in [0.15, 0.2) is 18.2 Å². The zero-order valence-corrected chi connectivity index (χ0v) is 14.4. The summed E-state index contributed by atoms with van der Waals surface area (Å²) in [5.74, 6) is -0.498. The molecule has 0 radical (unpaired) electrons. The number of amides is 1. The molecule has 0 bridgehead atoms. The van der Waals surface area contributed by atoms with Gasteiger partial charge in [0.25, 0.3) is 0 Å². The maximum Gasteiger partial charge on any atom is 0.335 e. The van der Waals surface area contributed by atoms with Crippen molar-refractivity contribution in [2.75, 3.05) is 0 Å². The van der Waals surface area contributed by atoms with E-state index in [1.54, 1.807) is 4.57 Å². The van der Waals surface area contributed by atoms with E-state index in [9.17, 15) is 14.0 Å². The van der Waals surface area contributed by atoms with Crippen molar-refractivity contribution in [3.8, 4) is 5.75 Å². The molecule has 2 aromatic rings. The molecule has 1 aliphatic rings. The number of benzene rings is 1. The number of hydrogen-bond acceptors (Lipinski definition) is 5. The summed E-state index contributed by atoms with van der Waals surface area (Å²) in [7, 11) is 1.81. The van der Waals surface area contributed by atoms with E-state index in [4.69, 9.17) is 9.84 Å². The van der Waals surface area contributed by atoms with Crippen molar-refractivity contribution in [1.29, 1.82) is 0 Å². The first-order valence-electron chi connectivity index (χ1n) is 8.16. The van der Waals surface area contributed by atoms with E-state index < -0.39 is 11.8 Å². The molecule has 1 saturated carbocycles. The van der Waals surface area contributed by atoms with E-state index >= 15 is 0 Å². The monoisotopic (exact) mass is 362 g/mol. The van der Waals surface area contributed by atoms with Gasteiger partial charge in [0.2, 0.25) is 5.91 Å². The molecule has 1 aromatic carbocycles. The Kier molecular flexibility index (Phi) is 4.88. The lowest BCUT2D eigenvalue weighted by Crippen LogP contribution is -2.43. The molecule has 1 fully saturated rings. The number of carboxylic acid groups (broad SMARTS) is 1. The van der Waals surface area contributed by atoms with Gasteiger partial charge in [0.1, 0.15) is 12.4 Å². The second-order valence-corrected chi connectivity index (χ2v) is 6.34. The molecule has 1 aromatic heterocycles. The Morgan fingerprint density at radius 1 is 1.38 bits per heavy atom. The average molecular weight is 362 g/mol. The molecule has 138 valence electrons. The second-order valence-electron chi connectivity index (χ2n) is 6.34. The van der Waals surface area contributed by atoms with Crippen LogP contribution in [0.1, 0.15) is 47.7 Å². The molecule has 0 saturated heterocycles. The van der Waals surface area contributed by atoms with Gasteiger partial charge >= 0.3 is 5.97 Å². The fraction of sp³-hybridized carbons (Fsp3) is 0.412. The topological polar surface area (TPSA) is 106 Å². The number of aromatic nitrogens is 3. The first kappa shape index (κ1) is 17.8. The third-order valence-electron chi connectivity index (χ3n) is 4.44. The lowest BCUT2D eigenvalue weighted by atomic mass is 9.79. The minimum atomic E-state index is -1.20. The highest BCUT2D eigenvalue weighted by Crippen LogP contribution is 2.35. The molecule has 3 rings (SSSR count). The Labute approximate surface area is 149 Å². The van der Waals surface area contributed by atoms with Gasteiger partial charge in [-0.1, -0.05) is 0 Å². The van der Waals surface area contributed by atoms with Crippen molar-refractivity contribution in [3.63, 3.8) is 0 Å². The van der Waals surface area contributed by atoms with Gasteiger partial charge in [0.15, 0.2) is 17.4 Å². The highest BCUT2D eigenvalue weighted by atomic mass is 19.1. The Hall–Kier alpha value is -2.97. The number of carbonyl (C=O) groups is 2. The highest BCUT2D eigenvalue weighted by Gasteiger charge is 2.34. The van der Waals surface area contributed by atoms with Crippen LogP contribution in [0.3, 0.4) is 0 Å². The fourth-order valence-electron chi connectivity index (χ4n) is 2.98. The van der Waals surface area contributed by atoms with Crippen molar-refractivity contribution in [2.24, 2.45) is 7.05 Å². The predicted molar refractivity (Wildman–Crippen MR) is 88.3 cm³/mol. The molecule has 2 N–H and O–H groups in total. The van der Waals surface area contributed by atoms with Crippen LogP contribution < -0.4 is 10.1 Å². The van der Waals surface area contributed by atoms with Crippen LogP contribution in [0.2, 0.25) is 0 Å². The van der Waals surface area contributed by atoms with E-state index in [1.165, 1.54) is 19.1 Å². The van der Waals surface area contributed by atoms with Crippen LogP contribution in [0.25, 0.3) is 0 Å². The van der Waals surface area contributed by atoms with Crippen molar-refractivity contribution in [1.82, 2.24) is 20.1 Å². The SMILES string of the molecule is CC(=O)NC1CC(c2nnc(COc3ccc(C(=O)O)cc3F)n2C)C1. The lowest BCUT2D eigenvalue weighted by Gasteiger charge is -2.34. The van der Waals surface area contributed by atoms with Gasteiger partial charge in [-0.2, -0.15) is 0 Å². The van der Waals surface area contributed by atoms with Gasteiger partial charge in [0.05, 0.1) is 5.56 Å². The molecule has 1 amide bonds. The van der Waals surface area contributed by atoms with Crippen LogP contribution in [0, 0.1) is 5.82 Å². The standard InChI is InChI=1S/C17H19FN4O4/c1-9(23)19-12-5-11(6-12)16-21-20-15(22(16)2)8-26-14-4-3-10(17(24)25)7-13(14)18/h3-4,7,11-12H,5-6,8H2,1-2H3,(H,19,23)(H,24,25). The number of carboxylic acids is 1. The van der Waals surface area contributed by atoms with Crippen molar-refractivity contribution in [2.45, 2.75) is 38.3 Å². The van der Waals surface area contributed by atoms with Crippen LogP contribution in [0.5, 0.6) is 5.75 Å². The summed E-state index contributed by atoms with van der Waals surface area (Å²) >= 11 is 0. The molecule has 0 unspecified atom stereocenters. The maximum atomic E-state index is 13.9. The predicted octanol–water partition coefficient (Wildman–Crippen LogP) is 1.61. The van der Waals surface area contributed by atoms with Crippen molar-refractivity contribution in [3.05, 3.63) is 41.2 Å². The van der Waals surface area contributed by atoms with Crippen LogP contribution in [0.4, 0.5) is 4.39 Å². The second kappa shape index (κ2) is 7.11. The third kappa shape index (κ3) is 3.66. The van der Waals surface area contributed by atoms with E-state index in [2.05, 4.69) is 15.5 Å². The van der Waals surface area contributed by atoms with Crippen molar-refractivity contribution < 1.29 is 23.8 Å². The molecule has 0 aliphatic heterocycles. The maximum absolute atomic E-state index is 13.9. The largest absolute Gasteiger partial charge is 0.483 e. The van der Waals surface area contributed by atoms with Crippen LogP contribution in [-0.4, -0.2) is 37.8 Å². The van der Waals surface area contributed by atoms with E-state index in [0.717, 1.165) is 24.7 Å². The number of aromatic carboxylic acids is 1. The Morgan fingerprint density at radius 2 is 2.12 bits per heavy atom. The first-order chi connectivity index (χ1) is 12.3. The summed E-state index contributed by atoms with van der Waals surface area (Å²) in [5.41, 5.74) is -0.144. The summed E-state index contributed by atoms with van der Waals surface area (Å²) in [4.78, 5) is 21.9. The van der Waals surface area contributed by atoms with Gasteiger partial charge in [-0.25, -0.2) is 9.18 Å². The number of ether oxygens (including phenoxy) is 1. The summed E-state index contributed by atoms with van der Waals surface area (Å²) in [6.07, 6.45) is 1.61. The Morgan fingerprint density at radius 3 is 2.73 bits per heavy atom. The first-order valence-corrected chi connectivity index (χ1v) is 8.16. The number of rotatable bonds is 6. The number of nitrogens with one attached hydrogen (secondary N) is 1. The molecule has 26 heavy (non-hydrogen) atoms. The number of hydrogen-bond donors (Lipinski definition) is 2. The molecule has 0 atom stereocenters. The highest BCUT2D eigenvalue weighted by molar-refractivity contribution is 5.87. The molecular formula is C17H19FN4O4. The third-order valence-corrected chi connectivity index (χ3v) is 4.44. The summed E-state index contributed by atoms with van der Waals surface area (Å²) in [6, 6.07) is 3.63. The summed E-state index contributed by atoms with van der Waals surface area (Å²) in [6.45, 7) is 1.50. The molecule has 1 aliphatic carbocycles. The molecule has 8 nitrogen and oxygen atoms in total. The fourth-order valence-corrected chi connectivity index (χ4v) is 2.98.